The van der Waals surface area contributed by atoms with Gasteiger partial charge in [-0.1, -0.05) is 11.6 Å². The van der Waals surface area contributed by atoms with Crippen molar-refractivity contribution in [1.82, 2.24) is 30.2 Å². The minimum atomic E-state index is -0.700. The topological polar surface area (TPSA) is 111 Å². The molecule has 3 atom stereocenters. The van der Waals surface area contributed by atoms with Crippen LogP contribution in [0.25, 0.3) is 22.4 Å². The van der Waals surface area contributed by atoms with Crippen molar-refractivity contribution in [3.63, 3.8) is 0 Å². The van der Waals surface area contributed by atoms with Crippen molar-refractivity contribution in [2.75, 3.05) is 38.1 Å². The highest BCUT2D eigenvalue weighted by Crippen LogP contribution is 2.28. The number of fused-ring (bicyclic) bond motifs is 1. The molecule has 0 bridgehead atoms. The molecule has 31 heavy (non-hydrogen) atoms. The first-order valence-electron chi connectivity index (χ1n) is 10.2. The van der Waals surface area contributed by atoms with Crippen molar-refractivity contribution < 1.29 is 14.2 Å². The van der Waals surface area contributed by atoms with E-state index in [4.69, 9.17) is 16.3 Å². The van der Waals surface area contributed by atoms with Gasteiger partial charge in [0.25, 0.3) is 0 Å². The molecule has 2 aliphatic heterocycles. The third-order valence-corrected chi connectivity index (χ3v) is 5.91. The number of aliphatic hydroxyl groups is 1. The molecule has 2 aliphatic rings. The van der Waals surface area contributed by atoms with Crippen LogP contribution in [0.15, 0.2) is 24.7 Å². The van der Waals surface area contributed by atoms with Gasteiger partial charge in [-0.05, 0) is 12.5 Å². The van der Waals surface area contributed by atoms with E-state index in [0.29, 0.717) is 48.3 Å². The van der Waals surface area contributed by atoms with Crippen molar-refractivity contribution in [3.8, 4) is 11.4 Å². The molecular formula is C20H23ClFN7O2. The standard InChI is InChI=1S/C20H23ClFN7O2/c21-11-5-13-14(7-25-17(13)24-6-11)18-26-8-15(22)19(28-18)27-12-1-3-29(10-12)20(30)16-9-23-2-4-31-16/h5-8,12,16,20,23,30H,1-4,9-10H2,(H,24,25)(H,26,27,28)/t12-,16?,20?/m0/s1. The molecule has 4 N–H and O–H groups in total. The number of nitrogens with zero attached hydrogens (tertiary/aromatic N) is 4. The largest absolute Gasteiger partial charge is 0.376 e. The van der Waals surface area contributed by atoms with Crippen LogP contribution in [0, 0.1) is 5.82 Å². The third kappa shape index (κ3) is 4.21. The molecule has 9 nitrogen and oxygen atoms in total. The van der Waals surface area contributed by atoms with Gasteiger partial charge in [0, 0.05) is 55.6 Å². The van der Waals surface area contributed by atoms with E-state index >= 15 is 0 Å². The second-order valence-corrected chi connectivity index (χ2v) is 8.23. The predicted octanol–water partition coefficient (Wildman–Crippen LogP) is 1.61. The summed E-state index contributed by atoms with van der Waals surface area (Å²) in [6, 6.07) is 1.72. The number of nitrogens with one attached hydrogen (secondary N) is 3. The van der Waals surface area contributed by atoms with E-state index in [2.05, 4.69) is 30.6 Å². The smallest absolute Gasteiger partial charge is 0.183 e. The van der Waals surface area contributed by atoms with E-state index in [1.54, 1.807) is 18.5 Å². The van der Waals surface area contributed by atoms with E-state index in [0.717, 1.165) is 24.5 Å². The number of likely N-dealkylation sites (tertiary alicyclic amines) is 1. The van der Waals surface area contributed by atoms with Crippen molar-refractivity contribution in [2.24, 2.45) is 0 Å². The summed E-state index contributed by atoms with van der Waals surface area (Å²) in [5.41, 5.74) is 1.35. The number of halogens is 2. The number of pyridine rings is 1. The van der Waals surface area contributed by atoms with Crippen molar-refractivity contribution in [3.05, 3.63) is 35.5 Å². The molecule has 0 amide bonds. The Bertz CT molecular complexity index is 1070. The fourth-order valence-corrected chi connectivity index (χ4v) is 4.27. The molecule has 5 rings (SSSR count). The van der Waals surface area contributed by atoms with Crippen LogP contribution in [-0.2, 0) is 4.74 Å². The lowest BCUT2D eigenvalue weighted by Gasteiger charge is -2.33. The molecule has 3 aromatic rings. The van der Waals surface area contributed by atoms with Gasteiger partial charge in [0.1, 0.15) is 18.0 Å². The average Bonchev–Trinajstić information content (AvgIpc) is 3.42. The van der Waals surface area contributed by atoms with Gasteiger partial charge in [-0.3, -0.25) is 4.90 Å². The Kier molecular flexibility index (Phi) is 5.72. The van der Waals surface area contributed by atoms with Crippen LogP contribution < -0.4 is 10.6 Å². The van der Waals surface area contributed by atoms with Crippen LogP contribution in [0.2, 0.25) is 5.02 Å². The lowest BCUT2D eigenvalue weighted by molar-refractivity contribution is -0.114. The van der Waals surface area contributed by atoms with Crippen LogP contribution in [0.1, 0.15) is 6.42 Å². The SMILES string of the molecule is OC(C1CNCCO1)N1CC[C@H](Nc2nc(-c3c[nH]c4ncc(Cl)cc34)ncc2F)C1. The Morgan fingerprint density at radius 2 is 2.26 bits per heavy atom. The first-order valence-corrected chi connectivity index (χ1v) is 10.6. The number of hydrogen-bond donors (Lipinski definition) is 4. The third-order valence-electron chi connectivity index (χ3n) is 5.71. The second-order valence-electron chi connectivity index (χ2n) is 7.79. The zero-order valence-electron chi connectivity index (χ0n) is 16.7. The summed E-state index contributed by atoms with van der Waals surface area (Å²) < 4.78 is 20.1. The zero-order chi connectivity index (χ0) is 21.4. The van der Waals surface area contributed by atoms with E-state index in [1.165, 1.54) is 0 Å². The number of anilines is 1. The molecule has 0 spiro atoms. The van der Waals surface area contributed by atoms with Crippen LogP contribution in [-0.4, -0.2) is 81.1 Å². The molecule has 0 aliphatic carbocycles. The first kappa shape index (κ1) is 20.5. The number of H-pyrrole nitrogens is 1. The van der Waals surface area contributed by atoms with Gasteiger partial charge in [0.05, 0.1) is 17.8 Å². The summed E-state index contributed by atoms with van der Waals surface area (Å²) in [5, 5.41) is 18.3. The monoisotopic (exact) mass is 447 g/mol. The fraction of sp³-hybridized carbons (Fsp3) is 0.450. The second kappa shape index (κ2) is 8.64. The molecule has 2 fully saturated rings. The molecule has 164 valence electrons. The number of aliphatic hydroxyl groups excluding tert-OH is 1. The van der Waals surface area contributed by atoms with Gasteiger partial charge >= 0.3 is 0 Å². The van der Waals surface area contributed by atoms with Crippen molar-refractivity contribution in [1.29, 1.82) is 0 Å². The lowest BCUT2D eigenvalue weighted by Crippen LogP contribution is -2.52. The summed E-state index contributed by atoms with van der Waals surface area (Å²) in [7, 11) is 0. The Morgan fingerprint density at radius 3 is 3.10 bits per heavy atom. The summed E-state index contributed by atoms with van der Waals surface area (Å²) >= 11 is 6.07. The van der Waals surface area contributed by atoms with Crippen molar-refractivity contribution in [2.45, 2.75) is 24.8 Å². The Hall–Kier alpha value is -2.37. The first-order chi connectivity index (χ1) is 15.1. The van der Waals surface area contributed by atoms with E-state index in [1.807, 2.05) is 4.90 Å². The van der Waals surface area contributed by atoms with Crippen LogP contribution in [0.5, 0.6) is 0 Å². The Morgan fingerprint density at radius 1 is 1.35 bits per heavy atom. The number of morpholine rings is 1. The molecule has 0 radical (unpaired) electrons. The number of aromatic nitrogens is 4. The van der Waals surface area contributed by atoms with Crippen molar-refractivity contribution >= 4 is 28.5 Å². The Labute approximate surface area is 183 Å². The normalized spacial score (nSPS) is 23.3. The van der Waals surface area contributed by atoms with Gasteiger partial charge in [-0.2, -0.15) is 0 Å². The zero-order valence-corrected chi connectivity index (χ0v) is 17.4. The van der Waals surface area contributed by atoms with Crippen LogP contribution >= 0.6 is 11.6 Å². The van der Waals surface area contributed by atoms with Gasteiger partial charge in [-0.25, -0.2) is 19.3 Å². The summed E-state index contributed by atoms with van der Waals surface area (Å²) in [6.45, 7) is 3.24. The fourth-order valence-electron chi connectivity index (χ4n) is 4.11. The molecule has 2 saturated heterocycles. The van der Waals surface area contributed by atoms with E-state index in [-0.39, 0.29) is 18.0 Å². The maximum absolute atomic E-state index is 14.5. The number of ether oxygens (including phenoxy) is 1. The molecule has 11 heteroatoms. The summed E-state index contributed by atoms with van der Waals surface area (Å²) in [6.07, 6.45) is 4.23. The lowest BCUT2D eigenvalue weighted by atomic mass is 10.2. The maximum atomic E-state index is 14.5. The van der Waals surface area contributed by atoms with Gasteiger partial charge < -0.3 is 25.5 Å². The molecule has 3 aromatic heterocycles. The van der Waals surface area contributed by atoms with Crippen LogP contribution in [0.4, 0.5) is 10.2 Å². The summed E-state index contributed by atoms with van der Waals surface area (Å²) in [5.74, 6) is -0.0272. The highest BCUT2D eigenvalue weighted by atomic mass is 35.5. The van der Waals surface area contributed by atoms with E-state index < -0.39 is 12.0 Å². The summed E-state index contributed by atoms with van der Waals surface area (Å²) in [4.78, 5) is 17.8. The minimum absolute atomic E-state index is 0.0532. The molecule has 0 aromatic carbocycles. The van der Waals surface area contributed by atoms with Gasteiger partial charge in [0.2, 0.25) is 0 Å². The number of rotatable bonds is 5. The quantitative estimate of drug-likeness (QED) is 0.467. The molecule has 5 heterocycles. The van der Waals surface area contributed by atoms with Gasteiger partial charge in [-0.15, -0.1) is 0 Å². The van der Waals surface area contributed by atoms with E-state index in [9.17, 15) is 9.50 Å². The van der Waals surface area contributed by atoms with Crippen LogP contribution in [0.3, 0.4) is 0 Å². The average molecular weight is 448 g/mol. The predicted molar refractivity (Wildman–Crippen MR) is 114 cm³/mol. The number of aromatic amines is 1. The molecule has 0 saturated carbocycles. The molecule has 2 unspecified atom stereocenters. The highest BCUT2D eigenvalue weighted by Gasteiger charge is 2.33. The molecular weight excluding hydrogens is 425 g/mol. The maximum Gasteiger partial charge on any atom is 0.183 e. The van der Waals surface area contributed by atoms with Gasteiger partial charge in [0.15, 0.2) is 17.5 Å². The highest BCUT2D eigenvalue weighted by molar-refractivity contribution is 6.31. The number of hydrogen-bond acceptors (Lipinski definition) is 8. The Balaban J connectivity index is 1.31. The minimum Gasteiger partial charge on any atom is -0.376 e.